The van der Waals surface area contributed by atoms with Crippen LogP contribution in [0.2, 0.25) is 0 Å². The Labute approximate surface area is 125 Å². The Morgan fingerprint density at radius 2 is 1.86 bits per heavy atom. The number of sulfonamides is 1. The molecular weight excluding hydrogens is 286 g/mol. The second-order valence-electron chi connectivity index (χ2n) is 5.47. The van der Waals surface area contributed by atoms with Gasteiger partial charge in [-0.25, -0.2) is 13.1 Å². The highest BCUT2D eigenvalue weighted by Crippen LogP contribution is 2.23. The van der Waals surface area contributed by atoms with Gasteiger partial charge in [-0.1, -0.05) is 23.8 Å². The fraction of sp³-hybridized carbons (Fsp3) is 0.400. The highest BCUT2D eigenvalue weighted by Gasteiger charge is 2.25. The van der Waals surface area contributed by atoms with Crippen LogP contribution in [0.4, 0.5) is 0 Å². The molecule has 1 unspecified atom stereocenters. The Kier molecular flexibility index (Phi) is 4.20. The molecule has 114 valence electrons. The average molecular weight is 307 g/mol. The largest absolute Gasteiger partial charge is 0.281 e. The molecule has 0 aliphatic heterocycles. The zero-order valence-corrected chi connectivity index (χ0v) is 13.8. The van der Waals surface area contributed by atoms with Gasteiger partial charge in [0.25, 0.3) is 0 Å². The number of rotatable bonds is 4. The lowest BCUT2D eigenvalue weighted by molar-refractivity contribution is 0.565. The van der Waals surface area contributed by atoms with Gasteiger partial charge < -0.3 is 0 Å². The molecule has 2 rings (SSSR count). The number of nitrogens with zero attached hydrogens (tertiary/aromatic N) is 1. The molecule has 0 bridgehead atoms. The summed E-state index contributed by atoms with van der Waals surface area (Å²) in [5.74, 6) is 0. The van der Waals surface area contributed by atoms with E-state index in [0.717, 1.165) is 16.7 Å². The summed E-state index contributed by atoms with van der Waals surface area (Å²) in [6, 6.07) is 5.73. The number of H-pyrrole nitrogens is 1. The lowest BCUT2D eigenvalue weighted by atomic mass is 10.0. The highest BCUT2D eigenvalue weighted by atomic mass is 32.2. The van der Waals surface area contributed by atoms with E-state index in [-0.39, 0.29) is 10.9 Å². The van der Waals surface area contributed by atoms with Crippen molar-refractivity contribution in [2.45, 2.75) is 45.6 Å². The minimum atomic E-state index is -3.60. The van der Waals surface area contributed by atoms with Gasteiger partial charge in [0.2, 0.25) is 10.0 Å². The molecule has 6 heteroatoms. The van der Waals surface area contributed by atoms with E-state index in [0.29, 0.717) is 11.4 Å². The first-order chi connectivity index (χ1) is 9.72. The molecule has 0 saturated carbocycles. The van der Waals surface area contributed by atoms with E-state index in [2.05, 4.69) is 14.9 Å². The van der Waals surface area contributed by atoms with Crippen LogP contribution in [-0.4, -0.2) is 18.6 Å². The van der Waals surface area contributed by atoms with E-state index in [1.54, 1.807) is 13.8 Å². The lowest BCUT2D eigenvalue weighted by Crippen LogP contribution is -2.28. The van der Waals surface area contributed by atoms with Gasteiger partial charge in [0, 0.05) is 6.04 Å². The summed E-state index contributed by atoms with van der Waals surface area (Å²) in [7, 11) is -3.60. The Balaban J connectivity index is 2.35. The molecule has 0 fully saturated rings. The predicted molar refractivity (Wildman–Crippen MR) is 82.7 cm³/mol. The normalized spacial score (nSPS) is 13.4. The van der Waals surface area contributed by atoms with Crippen LogP contribution in [0.5, 0.6) is 0 Å². The maximum atomic E-state index is 12.5. The molecule has 1 heterocycles. The summed E-state index contributed by atoms with van der Waals surface area (Å²) < 4.78 is 27.8. The van der Waals surface area contributed by atoms with Crippen molar-refractivity contribution in [3.63, 3.8) is 0 Å². The van der Waals surface area contributed by atoms with Crippen molar-refractivity contribution in [3.8, 4) is 0 Å². The Morgan fingerprint density at radius 3 is 2.43 bits per heavy atom. The molecule has 0 aliphatic rings. The summed E-state index contributed by atoms with van der Waals surface area (Å²) >= 11 is 0. The molecule has 1 atom stereocenters. The van der Waals surface area contributed by atoms with Gasteiger partial charge in [-0.2, -0.15) is 5.10 Å². The molecule has 0 aliphatic carbocycles. The molecule has 0 spiro atoms. The van der Waals surface area contributed by atoms with Crippen molar-refractivity contribution in [2.75, 3.05) is 0 Å². The first kappa shape index (κ1) is 15.7. The lowest BCUT2D eigenvalue weighted by Gasteiger charge is -2.17. The fourth-order valence-corrected chi connectivity index (χ4v) is 4.11. The third-order valence-corrected chi connectivity index (χ3v) is 5.37. The molecule has 0 radical (unpaired) electrons. The van der Waals surface area contributed by atoms with Gasteiger partial charge in [-0.3, -0.25) is 5.10 Å². The van der Waals surface area contributed by atoms with E-state index in [1.165, 1.54) is 0 Å². The molecule has 5 nitrogen and oxygen atoms in total. The topological polar surface area (TPSA) is 74.8 Å². The fourth-order valence-electron chi connectivity index (χ4n) is 2.52. The minimum Gasteiger partial charge on any atom is -0.281 e. The number of hydrogen-bond acceptors (Lipinski definition) is 3. The van der Waals surface area contributed by atoms with Gasteiger partial charge in [0.05, 0.1) is 11.4 Å². The Morgan fingerprint density at radius 1 is 1.19 bits per heavy atom. The molecule has 2 N–H and O–H groups in total. The Hall–Kier alpha value is -1.66. The molecule has 0 saturated heterocycles. The standard InChI is InChI=1S/C15H21N3O2S/c1-9-6-7-10(2)14(8-9)11(3)18-21(19,20)15-12(4)16-17-13(15)5/h6-8,11,18H,1-5H3,(H,16,17). The molecule has 0 amide bonds. The SMILES string of the molecule is Cc1ccc(C)c(C(C)NS(=O)(=O)c2c(C)n[nH]c2C)c1. The zero-order valence-electron chi connectivity index (χ0n) is 13.0. The summed E-state index contributed by atoms with van der Waals surface area (Å²) in [5, 5.41) is 6.66. The number of hydrogen-bond donors (Lipinski definition) is 2. The second-order valence-corrected chi connectivity index (χ2v) is 7.12. The summed E-state index contributed by atoms with van der Waals surface area (Å²) in [5.41, 5.74) is 4.19. The predicted octanol–water partition coefficient (Wildman–Crippen LogP) is 2.68. The molecular formula is C15H21N3O2S. The first-order valence-corrected chi connectivity index (χ1v) is 8.31. The van der Waals surface area contributed by atoms with Crippen molar-refractivity contribution in [1.29, 1.82) is 0 Å². The molecule has 1 aromatic heterocycles. The smallest absolute Gasteiger partial charge is 0.244 e. The highest BCUT2D eigenvalue weighted by molar-refractivity contribution is 7.89. The number of aryl methyl sites for hydroxylation is 4. The Bertz CT molecular complexity index is 744. The summed E-state index contributed by atoms with van der Waals surface area (Å²) in [6.45, 7) is 9.21. The van der Waals surface area contributed by atoms with Crippen LogP contribution in [0.3, 0.4) is 0 Å². The van der Waals surface area contributed by atoms with Gasteiger partial charge >= 0.3 is 0 Å². The van der Waals surface area contributed by atoms with E-state index in [1.807, 2.05) is 39.0 Å². The van der Waals surface area contributed by atoms with Crippen molar-refractivity contribution < 1.29 is 8.42 Å². The van der Waals surface area contributed by atoms with Crippen molar-refractivity contribution in [2.24, 2.45) is 0 Å². The van der Waals surface area contributed by atoms with Crippen LogP contribution in [0.25, 0.3) is 0 Å². The number of aromatic nitrogens is 2. The number of benzene rings is 1. The molecule has 21 heavy (non-hydrogen) atoms. The third-order valence-electron chi connectivity index (χ3n) is 3.56. The summed E-state index contributed by atoms with van der Waals surface area (Å²) in [6.07, 6.45) is 0. The number of nitrogens with one attached hydrogen (secondary N) is 2. The monoisotopic (exact) mass is 307 g/mol. The van der Waals surface area contributed by atoms with Crippen molar-refractivity contribution >= 4 is 10.0 Å². The van der Waals surface area contributed by atoms with Crippen molar-refractivity contribution in [1.82, 2.24) is 14.9 Å². The number of aromatic amines is 1. The summed E-state index contributed by atoms with van der Waals surface area (Å²) in [4.78, 5) is 0.236. The maximum absolute atomic E-state index is 12.5. The van der Waals surface area contributed by atoms with E-state index in [9.17, 15) is 8.42 Å². The van der Waals surface area contributed by atoms with Gasteiger partial charge in [0.1, 0.15) is 4.90 Å². The molecule has 1 aromatic carbocycles. The third kappa shape index (κ3) is 3.16. The van der Waals surface area contributed by atoms with Crippen LogP contribution < -0.4 is 4.72 Å². The molecule has 2 aromatic rings. The van der Waals surface area contributed by atoms with Crippen molar-refractivity contribution in [3.05, 3.63) is 46.3 Å². The quantitative estimate of drug-likeness (QED) is 0.912. The second kappa shape index (κ2) is 5.61. The zero-order chi connectivity index (χ0) is 15.8. The van der Waals surface area contributed by atoms with Crippen LogP contribution in [0.15, 0.2) is 23.1 Å². The average Bonchev–Trinajstić information content (AvgIpc) is 2.72. The maximum Gasteiger partial charge on any atom is 0.244 e. The van der Waals surface area contributed by atoms with Gasteiger partial charge in [-0.15, -0.1) is 0 Å². The van der Waals surface area contributed by atoms with Gasteiger partial charge in [0.15, 0.2) is 0 Å². The first-order valence-electron chi connectivity index (χ1n) is 6.83. The van der Waals surface area contributed by atoms with Crippen LogP contribution in [0.1, 0.15) is 41.0 Å². The van der Waals surface area contributed by atoms with E-state index in [4.69, 9.17) is 0 Å². The van der Waals surface area contributed by atoms with E-state index >= 15 is 0 Å². The van der Waals surface area contributed by atoms with E-state index < -0.39 is 10.0 Å². The van der Waals surface area contributed by atoms with Crippen LogP contribution in [0, 0.1) is 27.7 Å². The van der Waals surface area contributed by atoms with Crippen LogP contribution in [-0.2, 0) is 10.0 Å². The minimum absolute atomic E-state index is 0.236. The van der Waals surface area contributed by atoms with Gasteiger partial charge in [-0.05, 0) is 45.7 Å². The van der Waals surface area contributed by atoms with Crippen LogP contribution >= 0.6 is 0 Å².